The molecule has 0 unspecified atom stereocenters. The molecule has 0 saturated carbocycles. The first-order valence-corrected chi connectivity index (χ1v) is 20.0. The number of carboxylic acid groups (broad SMARTS) is 1. The second-order valence-corrected chi connectivity index (χ2v) is 15.4. The molecule has 5 heterocycles. The predicted molar refractivity (Wildman–Crippen MR) is 214 cm³/mol. The van der Waals surface area contributed by atoms with Gasteiger partial charge in [0.2, 0.25) is 29.5 Å². The Balaban J connectivity index is 1.11. The van der Waals surface area contributed by atoms with Crippen LogP contribution in [0.25, 0.3) is 22.5 Å². The molecule has 2 atom stereocenters. The Hall–Kier alpha value is -5.68. The number of methoxy groups -OCH3 is 2. The Bertz CT molecular complexity index is 2270. The largest absolute Gasteiger partial charge is 0.481 e. The molecule has 1 aromatic carbocycles. The number of nitrogens with zero attached hydrogens (tertiary/aromatic N) is 5. The quantitative estimate of drug-likeness (QED) is 0.129. The van der Waals surface area contributed by atoms with Crippen LogP contribution in [-0.2, 0) is 35.3 Å². The third-order valence-electron chi connectivity index (χ3n) is 11.3. The fraction of sp³-hybridized carbons (Fsp3) is 0.429. The number of alkyl halides is 3. The van der Waals surface area contributed by atoms with Gasteiger partial charge < -0.3 is 39.8 Å². The number of carbonyl (C=O) groups excluding carboxylic acids is 2. The number of nitrogens with one attached hydrogen (secondary N) is 2. The van der Waals surface area contributed by atoms with Crippen molar-refractivity contribution < 1.29 is 46.9 Å². The maximum atomic E-state index is 14.5. The summed E-state index contributed by atoms with van der Waals surface area (Å²) in [4.78, 5) is 52.3. The summed E-state index contributed by atoms with van der Waals surface area (Å²) in [6.07, 6.45) is -2.12. The number of benzene rings is 1. The van der Waals surface area contributed by atoms with Crippen molar-refractivity contribution in [2.45, 2.75) is 82.9 Å². The normalized spacial score (nSPS) is 17.9. The van der Waals surface area contributed by atoms with E-state index in [0.717, 1.165) is 11.6 Å². The smallest absolute Gasteiger partial charge is 0.421 e. The molecule has 3 aliphatic rings. The zero-order valence-electron chi connectivity index (χ0n) is 33.3. The molecule has 3 N–H and O–H groups in total. The molecule has 0 radical (unpaired) electrons. The van der Waals surface area contributed by atoms with Gasteiger partial charge >= 0.3 is 12.3 Å². The van der Waals surface area contributed by atoms with Crippen molar-refractivity contribution >= 4 is 29.5 Å². The minimum Gasteiger partial charge on any atom is -0.481 e. The molecular formula is C42H45ClF3N7O7. The van der Waals surface area contributed by atoms with Crippen molar-refractivity contribution in [3.8, 4) is 40.2 Å². The monoisotopic (exact) mass is 851 g/mol. The molecular weight excluding hydrogens is 807 g/mol. The van der Waals surface area contributed by atoms with Crippen LogP contribution in [0.4, 0.5) is 18.0 Å². The number of pyridine rings is 3. The number of ether oxygens (including phenoxy) is 3. The lowest BCUT2D eigenvalue weighted by atomic mass is 9.98. The summed E-state index contributed by atoms with van der Waals surface area (Å²) in [7, 11) is 2.78. The van der Waals surface area contributed by atoms with Crippen molar-refractivity contribution in [2.75, 3.05) is 33.9 Å². The molecule has 7 rings (SSSR count). The summed E-state index contributed by atoms with van der Waals surface area (Å²) in [5.41, 5.74) is 3.33. The third kappa shape index (κ3) is 9.06. The number of aromatic nitrogens is 3. The Labute approximate surface area is 349 Å². The number of likely N-dealkylation sites (tertiary alicyclic amines) is 1. The molecule has 3 aromatic heterocycles. The van der Waals surface area contributed by atoms with E-state index in [2.05, 4.69) is 20.6 Å². The molecule has 1 aliphatic carbocycles. The minimum atomic E-state index is -4.77. The zero-order valence-corrected chi connectivity index (χ0v) is 34.0. The zero-order chi connectivity index (χ0) is 42.7. The molecule has 2 aliphatic heterocycles. The first-order valence-electron chi connectivity index (χ1n) is 19.6. The lowest BCUT2D eigenvalue weighted by Gasteiger charge is -2.37. The van der Waals surface area contributed by atoms with E-state index in [1.165, 1.54) is 26.0 Å². The fourth-order valence-electron chi connectivity index (χ4n) is 8.20. The van der Waals surface area contributed by atoms with Crippen LogP contribution in [0, 0.1) is 0 Å². The number of carbonyl (C=O) groups is 3. The first kappa shape index (κ1) is 42.4. The van der Waals surface area contributed by atoms with Crippen molar-refractivity contribution in [1.29, 1.82) is 0 Å². The molecule has 4 aromatic rings. The van der Waals surface area contributed by atoms with E-state index in [9.17, 15) is 32.7 Å². The van der Waals surface area contributed by atoms with Crippen LogP contribution in [0.15, 0.2) is 48.7 Å². The highest BCUT2D eigenvalue weighted by atomic mass is 35.5. The van der Waals surface area contributed by atoms with Gasteiger partial charge in [-0.2, -0.15) is 18.2 Å². The van der Waals surface area contributed by atoms with E-state index < -0.39 is 29.8 Å². The number of amides is 3. The van der Waals surface area contributed by atoms with Gasteiger partial charge in [-0.25, -0.2) is 9.78 Å². The average Bonchev–Trinajstić information content (AvgIpc) is 3.85. The number of hydrogen-bond donors (Lipinski definition) is 3. The van der Waals surface area contributed by atoms with E-state index >= 15 is 0 Å². The van der Waals surface area contributed by atoms with E-state index in [4.69, 9.17) is 30.8 Å². The molecule has 18 heteroatoms. The summed E-state index contributed by atoms with van der Waals surface area (Å²) in [6.45, 7) is 2.90. The Morgan fingerprint density at radius 3 is 2.40 bits per heavy atom. The molecule has 14 nitrogen and oxygen atoms in total. The molecule has 2 saturated heterocycles. The van der Waals surface area contributed by atoms with Gasteiger partial charge in [-0.15, -0.1) is 0 Å². The molecule has 318 valence electrons. The van der Waals surface area contributed by atoms with Gasteiger partial charge in [0.25, 0.3) is 0 Å². The Kier molecular flexibility index (Phi) is 12.7. The van der Waals surface area contributed by atoms with Gasteiger partial charge in [-0.1, -0.05) is 29.8 Å². The van der Waals surface area contributed by atoms with Crippen LogP contribution < -0.4 is 24.8 Å². The van der Waals surface area contributed by atoms with Crippen molar-refractivity contribution in [1.82, 2.24) is 35.4 Å². The highest BCUT2D eigenvalue weighted by Crippen LogP contribution is 2.45. The summed E-state index contributed by atoms with van der Waals surface area (Å²) in [5.74, 6) is -0.477. The van der Waals surface area contributed by atoms with E-state index in [1.807, 2.05) is 6.07 Å². The second-order valence-electron chi connectivity index (χ2n) is 15.0. The van der Waals surface area contributed by atoms with E-state index in [0.29, 0.717) is 91.8 Å². The van der Waals surface area contributed by atoms with Gasteiger partial charge in [0, 0.05) is 80.1 Å². The topological polar surface area (TPSA) is 168 Å². The lowest BCUT2D eigenvalue weighted by Crippen LogP contribution is -2.47. The van der Waals surface area contributed by atoms with Crippen LogP contribution in [0.5, 0.6) is 17.6 Å². The van der Waals surface area contributed by atoms with Crippen LogP contribution in [0.2, 0.25) is 5.02 Å². The van der Waals surface area contributed by atoms with E-state index in [1.54, 1.807) is 41.4 Å². The van der Waals surface area contributed by atoms with Gasteiger partial charge in [-0.3, -0.25) is 14.6 Å². The molecule has 2 fully saturated rings. The maximum Gasteiger partial charge on any atom is 0.421 e. The van der Waals surface area contributed by atoms with Crippen LogP contribution in [0.1, 0.15) is 72.9 Å². The molecule has 60 heavy (non-hydrogen) atoms. The van der Waals surface area contributed by atoms with Gasteiger partial charge in [0.05, 0.1) is 37.2 Å². The van der Waals surface area contributed by atoms with Crippen molar-refractivity contribution in [3.05, 3.63) is 81.5 Å². The van der Waals surface area contributed by atoms with Crippen LogP contribution >= 0.6 is 11.6 Å². The number of hydrogen-bond acceptors (Lipinski definition) is 10. The minimum absolute atomic E-state index is 0.00959. The highest BCUT2D eigenvalue weighted by Gasteiger charge is 2.39. The number of rotatable bonds is 13. The van der Waals surface area contributed by atoms with E-state index in [-0.39, 0.29) is 59.3 Å². The highest BCUT2D eigenvalue weighted by molar-refractivity contribution is 6.35. The predicted octanol–water partition coefficient (Wildman–Crippen LogP) is 6.82. The average molecular weight is 852 g/mol. The van der Waals surface area contributed by atoms with Gasteiger partial charge in [-0.05, 0) is 67.5 Å². The van der Waals surface area contributed by atoms with Crippen molar-refractivity contribution in [3.63, 3.8) is 0 Å². The third-order valence-corrected chi connectivity index (χ3v) is 11.7. The summed E-state index contributed by atoms with van der Waals surface area (Å²) in [6, 6.07) is 11.2. The summed E-state index contributed by atoms with van der Waals surface area (Å²) in [5, 5.41) is 16.3. The Morgan fingerprint density at radius 1 is 0.983 bits per heavy atom. The number of fused-ring (bicyclic) bond motifs is 1. The van der Waals surface area contributed by atoms with Gasteiger partial charge in [0.1, 0.15) is 11.7 Å². The maximum absolute atomic E-state index is 14.5. The fourth-order valence-corrected chi connectivity index (χ4v) is 8.51. The molecule has 3 amide bonds. The van der Waals surface area contributed by atoms with Crippen molar-refractivity contribution in [2.24, 2.45) is 0 Å². The standard InChI is InChI=1S/C42H45ClF3N7O7/c1-23(54)52-17-14-27(15-18-52)53(41(56)57)22-24-7-10-33(50-38(24)58-2)31-13-16-48-37(36(31)43)30-6-4-5-29-28(30)9-11-34(29)60-40-32(42(44,45)46)19-25(39(51-40)59-3)20-47-21-26-8-12-35(55)49-26/h4-7,10,13,16,19,26-27,34,47H,8-9,11-12,14-15,17-18,20-22H2,1-3H3,(H,49,55)(H,56,57)/t26-,34-/m0/s1. The van der Waals surface area contributed by atoms with Gasteiger partial charge in [0.15, 0.2) is 0 Å². The summed E-state index contributed by atoms with van der Waals surface area (Å²) >= 11 is 7.08. The SMILES string of the molecule is COc1nc(-c2ccnc(-c3cccc4c3CC[C@@H]4Oc3nc(OC)c(CNC[C@@H]4CCC(=O)N4)cc3C(F)(F)F)c2Cl)ccc1CN(C(=O)O)C1CCN(C(C)=O)CC1. The van der Waals surface area contributed by atoms with Crippen LogP contribution in [0.3, 0.4) is 0 Å². The summed E-state index contributed by atoms with van der Waals surface area (Å²) < 4.78 is 60.7. The Morgan fingerprint density at radius 2 is 1.73 bits per heavy atom. The first-order chi connectivity index (χ1) is 28.7. The molecule has 0 bridgehead atoms. The lowest BCUT2D eigenvalue weighted by molar-refractivity contribution is -0.139. The number of halogens is 4. The number of piperidine rings is 1. The second kappa shape index (κ2) is 17.9. The van der Waals surface area contributed by atoms with Crippen LogP contribution in [-0.4, -0.2) is 93.7 Å². The molecule has 0 spiro atoms.